The molecule has 2 saturated heterocycles. The molecule has 2 fully saturated rings. The molecule has 0 saturated carbocycles. The Morgan fingerprint density at radius 1 is 1.12 bits per heavy atom. The smallest absolute Gasteiger partial charge is 0.295 e. The normalized spacial score (nSPS) is 25.2. The fourth-order valence-corrected chi connectivity index (χ4v) is 4.44. The zero-order valence-electron chi connectivity index (χ0n) is 14.5. The lowest BCUT2D eigenvalue weighted by Crippen LogP contribution is -2.46. The van der Waals surface area contributed by atoms with Gasteiger partial charge in [-0.1, -0.05) is 30.3 Å². The molecule has 6 heteroatoms. The molecule has 4 rings (SSSR count). The SMILES string of the molecule is O=[N+]([O-])c1cc(F)ccc1NC1C[C@H]2CC[C@@H](C1)N2Cc1ccccc1. The Labute approximate surface area is 152 Å². The summed E-state index contributed by atoms with van der Waals surface area (Å²) >= 11 is 0. The molecule has 0 aliphatic carbocycles. The zero-order valence-corrected chi connectivity index (χ0v) is 14.5. The van der Waals surface area contributed by atoms with E-state index in [1.54, 1.807) is 0 Å². The summed E-state index contributed by atoms with van der Waals surface area (Å²) in [4.78, 5) is 13.3. The van der Waals surface area contributed by atoms with Crippen LogP contribution in [0.25, 0.3) is 0 Å². The van der Waals surface area contributed by atoms with Crippen LogP contribution < -0.4 is 5.32 Å². The van der Waals surface area contributed by atoms with E-state index < -0.39 is 10.7 Å². The molecule has 2 aromatic rings. The molecule has 0 aromatic heterocycles. The molecule has 2 heterocycles. The molecule has 0 amide bonds. The second-order valence-electron chi connectivity index (χ2n) is 7.27. The molecule has 136 valence electrons. The van der Waals surface area contributed by atoms with Crippen LogP contribution in [-0.2, 0) is 6.54 Å². The van der Waals surface area contributed by atoms with E-state index in [1.165, 1.54) is 30.5 Å². The first-order valence-corrected chi connectivity index (χ1v) is 9.10. The number of hydrogen-bond donors (Lipinski definition) is 1. The van der Waals surface area contributed by atoms with Crippen molar-refractivity contribution in [2.45, 2.75) is 50.4 Å². The second-order valence-corrected chi connectivity index (χ2v) is 7.27. The maximum atomic E-state index is 13.3. The van der Waals surface area contributed by atoms with Gasteiger partial charge >= 0.3 is 0 Å². The fraction of sp³-hybridized carbons (Fsp3) is 0.400. The van der Waals surface area contributed by atoms with Crippen LogP contribution in [0.5, 0.6) is 0 Å². The van der Waals surface area contributed by atoms with Gasteiger partial charge in [-0.25, -0.2) is 4.39 Å². The summed E-state index contributed by atoms with van der Waals surface area (Å²) in [5.41, 5.74) is 1.55. The van der Waals surface area contributed by atoms with E-state index in [-0.39, 0.29) is 11.7 Å². The number of anilines is 1. The predicted octanol–water partition coefficient (Wildman–Crippen LogP) is 4.34. The van der Waals surface area contributed by atoms with Gasteiger partial charge in [-0.15, -0.1) is 0 Å². The van der Waals surface area contributed by atoms with E-state index in [1.807, 2.05) is 6.07 Å². The van der Waals surface area contributed by atoms with Crippen LogP contribution in [0, 0.1) is 15.9 Å². The van der Waals surface area contributed by atoms with Crippen molar-refractivity contribution in [2.24, 2.45) is 0 Å². The Hall–Kier alpha value is -2.47. The van der Waals surface area contributed by atoms with Gasteiger partial charge in [-0.05, 0) is 43.4 Å². The Bertz CT molecular complexity index is 785. The fourth-order valence-electron chi connectivity index (χ4n) is 4.44. The van der Waals surface area contributed by atoms with E-state index >= 15 is 0 Å². The quantitative estimate of drug-likeness (QED) is 0.640. The molecular formula is C20H22FN3O2. The molecular weight excluding hydrogens is 333 g/mol. The summed E-state index contributed by atoms with van der Waals surface area (Å²) < 4.78 is 13.3. The van der Waals surface area contributed by atoms with Crippen molar-refractivity contribution in [3.8, 4) is 0 Å². The standard InChI is InChI=1S/C20H22FN3O2/c21-15-6-9-19(20(10-15)24(25)26)22-16-11-17-7-8-18(12-16)23(17)13-14-4-2-1-3-5-14/h1-6,9-10,16-18,22H,7-8,11-13H2/t16?,17-,18+. The van der Waals surface area contributed by atoms with Gasteiger partial charge in [0.1, 0.15) is 11.5 Å². The summed E-state index contributed by atoms with van der Waals surface area (Å²) in [7, 11) is 0. The van der Waals surface area contributed by atoms with Gasteiger partial charge in [0.15, 0.2) is 0 Å². The molecule has 5 nitrogen and oxygen atoms in total. The Kier molecular flexibility index (Phi) is 4.59. The molecule has 1 N–H and O–H groups in total. The second kappa shape index (κ2) is 7.03. The van der Waals surface area contributed by atoms with Crippen molar-refractivity contribution in [1.29, 1.82) is 0 Å². The summed E-state index contributed by atoms with van der Waals surface area (Å²) in [6.07, 6.45) is 4.25. The highest BCUT2D eigenvalue weighted by Crippen LogP contribution is 2.38. The number of benzene rings is 2. The summed E-state index contributed by atoms with van der Waals surface area (Å²) in [6, 6.07) is 15.4. The lowest BCUT2D eigenvalue weighted by Gasteiger charge is -2.39. The zero-order chi connectivity index (χ0) is 18.1. The molecule has 2 aromatic carbocycles. The number of piperidine rings is 1. The maximum absolute atomic E-state index is 13.3. The Morgan fingerprint density at radius 3 is 2.46 bits per heavy atom. The summed E-state index contributed by atoms with van der Waals surface area (Å²) in [6.45, 7) is 0.958. The monoisotopic (exact) mass is 355 g/mol. The van der Waals surface area contributed by atoms with Crippen LogP contribution in [0.4, 0.5) is 15.8 Å². The minimum absolute atomic E-state index is 0.184. The van der Waals surface area contributed by atoms with Crippen LogP contribution >= 0.6 is 0 Å². The minimum atomic E-state index is -0.583. The number of nitrogens with zero attached hydrogens (tertiary/aromatic N) is 2. The Balaban J connectivity index is 1.45. The predicted molar refractivity (Wildman–Crippen MR) is 98.5 cm³/mol. The van der Waals surface area contributed by atoms with Crippen molar-refractivity contribution in [3.05, 3.63) is 70.0 Å². The average molecular weight is 355 g/mol. The van der Waals surface area contributed by atoms with Crippen molar-refractivity contribution in [3.63, 3.8) is 0 Å². The first kappa shape index (κ1) is 17.0. The van der Waals surface area contributed by atoms with Crippen LogP contribution in [0.2, 0.25) is 0 Å². The van der Waals surface area contributed by atoms with Gasteiger partial charge < -0.3 is 5.32 Å². The molecule has 0 radical (unpaired) electrons. The highest BCUT2D eigenvalue weighted by Gasteiger charge is 2.40. The summed E-state index contributed by atoms with van der Waals surface area (Å²) in [5, 5.41) is 14.5. The highest BCUT2D eigenvalue weighted by atomic mass is 19.1. The van der Waals surface area contributed by atoms with Gasteiger partial charge in [-0.3, -0.25) is 15.0 Å². The third-order valence-electron chi connectivity index (χ3n) is 5.61. The van der Waals surface area contributed by atoms with Crippen LogP contribution in [0.3, 0.4) is 0 Å². The van der Waals surface area contributed by atoms with Crippen LogP contribution in [-0.4, -0.2) is 27.9 Å². The van der Waals surface area contributed by atoms with Gasteiger partial charge in [0.05, 0.1) is 11.0 Å². The molecule has 0 spiro atoms. The first-order chi connectivity index (χ1) is 12.6. The van der Waals surface area contributed by atoms with Gasteiger partial charge in [-0.2, -0.15) is 0 Å². The number of nitrogens with one attached hydrogen (secondary N) is 1. The lowest BCUT2D eigenvalue weighted by molar-refractivity contribution is -0.384. The van der Waals surface area contributed by atoms with Crippen LogP contribution in [0.1, 0.15) is 31.2 Å². The van der Waals surface area contributed by atoms with E-state index in [0.29, 0.717) is 17.8 Å². The average Bonchev–Trinajstić information content (AvgIpc) is 2.86. The highest BCUT2D eigenvalue weighted by molar-refractivity contribution is 5.62. The van der Waals surface area contributed by atoms with E-state index in [2.05, 4.69) is 34.5 Å². The van der Waals surface area contributed by atoms with E-state index in [9.17, 15) is 14.5 Å². The third-order valence-corrected chi connectivity index (χ3v) is 5.61. The molecule has 2 aliphatic heterocycles. The molecule has 26 heavy (non-hydrogen) atoms. The summed E-state index contributed by atoms with van der Waals surface area (Å²) in [5.74, 6) is -0.583. The first-order valence-electron chi connectivity index (χ1n) is 9.10. The van der Waals surface area contributed by atoms with Crippen molar-refractivity contribution in [1.82, 2.24) is 4.90 Å². The van der Waals surface area contributed by atoms with Crippen molar-refractivity contribution < 1.29 is 9.31 Å². The van der Waals surface area contributed by atoms with Gasteiger partial charge in [0.2, 0.25) is 0 Å². The topological polar surface area (TPSA) is 58.4 Å². The number of nitro groups is 1. The molecule has 3 atom stereocenters. The minimum Gasteiger partial charge on any atom is -0.377 e. The van der Waals surface area contributed by atoms with Crippen molar-refractivity contribution in [2.75, 3.05) is 5.32 Å². The molecule has 1 unspecified atom stereocenters. The van der Waals surface area contributed by atoms with Crippen LogP contribution in [0.15, 0.2) is 48.5 Å². The van der Waals surface area contributed by atoms with Gasteiger partial charge in [0, 0.05) is 24.7 Å². The number of rotatable bonds is 5. The number of halogens is 1. The van der Waals surface area contributed by atoms with Crippen molar-refractivity contribution >= 4 is 11.4 Å². The van der Waals surface area contributed by atoms with Gasteiger partial charge in [0.25, 0.3) is 5.69 Å². The largest absolute Gasteiger partial charge is 0.377 e. The number of hydrogen-bond acceptors (Lipinski definition) is 4. The van der Waals surface area contributed by atoms with E-state index in [4.69, 9.17) is 0 Å². The Morgan fingerprint density at radius 2 is 1.81 bits per heavy atom. The van der Waals surface area contributed by atoms with E-state index in [0.717, 1.165) is 25.5 Å². The number of fused-ring (bicyclic) bond motifs is 2. The lowest BCUT2D eigenvalue weighted by atomic mass is 9.96. The maximum Gasteiger partial charge on any atom is 0.295 e. The third kappa shape index (κ3) is 3.42. The molecule has 2 bridgehead atoms. The molecule has 2 aliphatic rings. The number of nitro benzene ring substituents is 1.